The van der Waals surface area contributed by atoms with Crippen LogP contribution in [0.2, 0.25) is 0 Å². The molecule has 0 saturated carbocycles. The van der Waals surface area contributed by atoms with Crippen LogP contribution in [0.4, 0.5) is 4.39 Å². The van der Waals surface area contributed by atoms with E-state index >= 15 is 0 Å². The summed E-state index contributed by atoms with van der Waals surface area (Å²) in [6.07, 6.45) is 0.793. The van der Waals surface area contributed by atoms with Crippen LogP contribution < -0.4 is 0 Å². The van der Waals surface area contributed by atoms with Crippen LogP contribution in [0.25, 0.3) is 0 Å². The molecule has 0 amide bonds. The average molecular weight is 378 g/mol. The predicted octanol–water partition coefficient (Wildman–Crippen LogP) is 5.64. The molecule has 0 fully saturated rings. The largest absolute Gasteiger partial charge is 0.207 e. The molecule has 1 aromatic carbocycles. The van der Waals surface area contributed by atoms with Gasteiger partial charge in [0, 0.05) is 9.70 Å². The fourth-order valence-electron chi connectivity index (χ4n) is 1.75. The molecule has 2 aromatic rings. The second kappa shape index (κ2) is 5.63. The van der Waals surface area contributed by atoms with Crippen molar-refractivity contribution in [2.45, 2.75) is 18.2 Å². The molecule has 0 bridgehead atoms. The summed E-state index contributed by atoms with van der Waals surface area (Å²) in [6.45, 7) is 2.10. The van der Waals surface area contributed by atoms with Crippen LogP contribution in [-0.4, -0.2) is 0 Å². The quantitative estimate of drug-likeness (QED) is 0.607. The maximum atomic E-state index is 13.1. The molecule has 0 saturated heterocycles. The second-order valence-corrected chi connectivity index (χ2v) is 7.60. The maximum Gasteiger partial charge on any atom is 0.123 e. The van der Waals surface area contributed by atoms with Crippen LogP contribution in [0.15, 0.2) is 34.1 Å². The number of thiophene rings is 1. The van der Waals surface area contributed by atoms with E-state index in [2.05, 4.69) is 44.8 Å². The van der Waals surface area contributed by atoms with E-state index in [0.29, 0.717) is 0 Å². The summed E-state index contributed by atoms with van der Waals surface area (Å²) in [7, 11) is 0. The molecule has 4 heteroatoms. The summed E-state index contributed by atoms with van der Waals surface area (Å²) in [6, 6.07) is 8.89. The van der Waals surface area contributed by atoms with Crippen LogP contribution in [-0.2, 0) is 6.42 Å². The van der Waals surface area contributed by atoms with Crippen molar-refractivity contribution < 1.29 is 4.39 Å². The number of alkyl halides is 1. The van der Waals surface area contributed by atoms with Crippen molar-refractivity contribution in [3.63, 3.8) is 0 Å². The van der Waals surface area contributed by atoms with Crippen molar-refractivity contribution in [2.24, 2.45) is 0 Å². The van der Waals surface area contributed by atoms with Crippen LogP contribution in [0.5, 0.6) is 0 Å². The van der Waals surface area contributed by atoms with E-state index < -0.39 is 0 Å². The lowest BCUT2D eigenvalue weighted by molar-refractivity contribution is 0.625. The van der Waals surface area contributed by atoms with E-state index in [-0.39, 0.29) is 10.6 Å². The highest BCUT2D eigenvalue weighted by Gasteiger charge is 2.14. The molecule has 0 nitrogen and oxygen atoms in total. The van der Waals surface area contributed by atoms with Gasteiger partial charge in [0.2, 0.25) is 0 Å². The molecule has 1 heterocycles. The van der Waals surface area contributed by atoms with Gasteiger partial charge in [-0.05, 0) is 58.6 Å². The summed E-state index contributed by atoms with van der Waals surface area (Å²) in [5.41, 5.74) is 2.28. The summed E-state index contributed by atoms with van der Waals surface area (Å²) >= 11 is 8.88. The highest BCUT2D eigenvalue weighted by atomic mass is 79.9. The fourth-order valence-corrected chi connectivity index (χ4v) is 4.52. The smallest absolute Gasteiger partial charge is 0.123 e. The van der Waals surface area contributed by atoms with E-state index in [1.54, 1.807) is 23.5 Å². The van der Waals surface area contributed by atoms with Gasteiger partial charge in [0.25, 0.3) is 0 Å². The lowest BCUT2D eigenvalue weighted by Gasteiger charge is -2.09. The van der Waals surface area contributed by atoms with Crippen molar-refractivity contribution in [3.05, 3.63) is 55.9 Å². The van der Waals surface area contributed by atoms with Crippen molar-refractivity contribution >= 4 is 43.2 Å². The average Bonchev–Trinajstić information content (AvgIpc) is 2.58. The van der Waals surface area contributed by atoms with Gasteiger partial charge in [0.15, 0.2) is 0 Å². The first-order valence-corrected chi connectivity index (χ1v) is 7.73. The number of benzene rings is 1. The molecule has 1 atom stereocenters. The number of hydrogen-bond acceptors (Lipinski definition) is 1. The maximum absolute atomic E-state index is 13.1. The third kappa shape index (κ3) is 3.39. The molecule has 90 valence electrons. The Balaban J connectivity index is 2.16. The molecular weight excluding hydrogens is 367 g/mol. The number of rotatable bonds is 3. The Kier molecular flexibility index (Phi) is 4.39. The Morgan fingerprint density at radius 3 is 2.71 bits per heavy atom. The number of hydrogen-bond donors (Lipinski definition) is 0. The third-order valence-corrected chi connectivity index (χ3v) is 4.95. The van der Waals surface area contributed by atoms with Crippen molar-refractivity contribution in [1.29, 1.82) is 0 Å². The molecule has 0 aliphatic heterocycles. The summed E-state index contributed by atoms with van der Waals surface area (Å²) in [5.74, 6) is -0.176. The van der Waals surface area contributed by atoms with E-state index in [1.807, 2.05) is 6.07 Å². The Labute approximate surface area is 121 Å². The van der Waals surface area contributed by atoms with Gasteiger partial charge in [-0.1, -0.05) is 28.1 Å². The van der Waals surface area contributed by atoms with E-state index in [1.165, 1.54) is 16.5 Å². The van der Waals surface area contributed by atoms with Crippen LogP contribution in [0.3, 0.4) is 0 Å². The number of aryl methyl sites for hydroxylation is 1. The Hall–Kier alpha value is -0.190. The molecule has 0 aliphatic carbocycles. The molecule has 1 aromatic heterocycles. The van der Waals surface area contributed by atoms with Gasteiger partial charge in [0.1, 0.15) is 5.82 Å². The molecule has 0 spiro atoms. The molecule has 2 rings (SSSR count). The highest BCUT2D eigenvalue weighted by molar-refractivity contribution is 9.11. The fraction of sp³-hybridized carbons (Fsp3) is 0.231. The zero-order chi connectivity index (χ0) is 12.4. The zero-order valence-corrected chi connectivity index (χ0v) is 13.2. The van der Waals surface area contributed by atoms with Crippen molar-refractivity contribution in [3.8, 4) is 0 Å². The van der Waals surface area contributed by atoms with Gasteiger partial charge < -0.3 is 0 Å². The summed E-state index contributed by atoms with van der Waals surface area (Å²) in [4.78, 5) is 1.52. The van der Waals surface area contributed by atoms with Crippen LogP contribution >= 0.6 is 43.2 Å². The Morgan fingerprint density at radius 1 is 1.35 bits per heavy atom. The molecule has 0 radical (unpaired) electrons. The molecule has 0 aliphatic rings. The first-order valence-electron chi connectivity index (χ1n) is 5.20. The molecule has 1 unspecified atom stereocenters. The van der Waals surface area contributed by atoms with Gasteiger partial charge in [0.05, 0.1) is 3.79 Å². The van der Waals surface area contributed by atoms with Gasteiger partial charge in [-0.3, -0.25) is 0 Å². The van der Waals surface area contributed by atoms with E-state index in [4.69, 9.17) is 0 Å². The third-order valence-electron chi connectivity index (χ3n) is 2.57. The first kappa shape index (κ1) is 13.2. The SMILES string of the molecule is Cc1sc(Br)cc1C(Br)Cc1cccc(F)c1. The van der Waals surface area contributed by atoms with Gasteiger partial charge in [-0.2, -0.15) is 0 Å². The summed E-state index contributed by atoms with van der Waals surface area (Å²) in [5, 5.41) is 0. The molecule has 17 heavy (non-hydrogen) atoms. The van der Waals surface area contributed by atoms with Crippen LogP contribution in [0.1, 0.15) is 20.8 Å². The monoisotopic (exact) mass is 376 g/mol. The van der Waals surface area contributed by atoms with E-state index in [0.717, 1.165) is 15.8 Å². The second-order valence-electron chi connectivity index (χ2n) is 3.86. The highest BCUT2D eigenvalue weighted by Crippen LogP contribution is 2.36. The molecular formula is C13H11Br2FS. The standard InChI is InChI=1S/C13H11Br2FS/c1-8-11(7-13(15)17-8)12(14)6-9-3-2-4-10(16)5-9/h2-5,7,12H,6H2,1H3. The number of halogens is 3. The van der Waals surface area contributed by atoms with Gasteiger partial charge in [-0.15, -0.1) is 11.3 Å². The van der Waals surface area contributed by atoms with Crippen molar-refractivity contribution in [1.82, 2.24) is 0 Å². The molecule has 0 N–H and O–H groups in total. The minimum Gasteiger partial charge on any atom is -0.207 e. The topological polar surface area (TPSA) is 0 Å². The zero-order valence-electron chi connectivity index (χ0n) is 9.21. The predicted molar refractivity (Wildman–Crippen MR) is 78.5 cm³/mol. The lowest BCUT2D eigenvalue weighted by Crippen LogP contribution is -1.95. The van der Waals surface area contributed by atoms with Crippen LogP contribution in [0, 0.1) is 12.7 Å². The lowest BCUT2D eigenvalue weighted by atomic mass is 10.1. The minimum atomic E-state index is -0.176. The van der Waals surface area contributed by atoms with Gasteiger partial charge >= 0.3 is 0 Å². The Bertz CT molecular complexity index is 522. The first-order chi connectivity index (χ1) is 8.06. The van der Waals surface area contributed by atoms with Gasteiger partial charge in [-0.25, -0.2) is 4.39 Å². The summed E-state index contributed by atoms with van der Waals surface area (Å²) < 4.78 is 14.2. The Morgan fingerprint density at radius 2 is 2.12 bits per heavy atom. The van der Waals surface area contributed by atoms with Crippen molar-refractivity contribution in [2.75, 3.05) is 0 Å². The normalized spacial score (nSPS) is 12.7. The van der Waals surface area contributed by atoms with E-state index in [9.17, 15) is 4.39 Å². The minimum absolute atomic E-state index is 0.176.